The molecule has 12 heteroatoms. The molecule has 2 rings (SSSR count). The van der Waals surface area contributed by atoms with Crippen molar-refractivity contribution < 1.29 is 37.4 Å². The van der Waals surface area contributed by atoms with Gasteiger partial charge in [-0.1, -0.05) is 0 Å². The van der Waals surface area contributed by atoms with E-state index in [9.17, 15) is 22.8 Å². The van der Waals surface area contributed by atoms with E-state index in [-0.39, 0.29) is 5.91 Å². The lowest BCUT2D eigenvalue weighted by Gasteiger charge is -2.19. The fourth-order valence-corrected chi connectivity index (χ4v) is 2.07. The number of aromatic nitrogens is 1. The van der Waals surface area contributed by atoms with Gasteiger partial charge in [-0.25, -0.2) is 9.59 Å². The maximum absolute atomic E-state index is 12.2. The molecule has 0 spiro atoms. The molecule has 0 aliphatic heterocycles. The van der Waals surface area contributed by atoms with Crippen LogP contribution in [0, 0.1) is 0 Å². The summed E-state index contributed by atoms with van der Waals surface area (Å²) in [6.45, 7) is 5.38. The van der Waals surface area contributed by atoms with E-state index in [1.165, 1.54) is 0 Å². The number of halogens is 3. The molecule has 0 atom stereocenters. The molecule has 0 unspecified atom stereocenters. The molecule has 0 bridgehead atoms. The molecule has 0 aliphatic carbocycles. The summed E-state index contributed by atoms with van der Waals surface area (Å²) in [5.74, 6) is -3.02. The monoisotopic (exact) mass is 444 g/mol. The van der Waals surface area contributed by atoms with Crippen LogP contribution in [0.5, 0.6) is 0 Å². The maximum atomic E-state index is 12.2. The number of hydrogen-bond donors (Lipinski definition) is 4. The standard InChI is InChI=1S/C17H22N4O3.C2HF3O2/c1-17(2,3)24-16(23)20-13-7-5-12(6-8-13)19-15(22)14-9-11(18)10-21(14)4;3-2(4,5)1(6)7/h5-10H,18H2,1-4H3,(H,19,22)(H,20,23);(H,6,7). The summed E-state index contributed by atoms with van der Waals surface area (Å²) in [4.78, 5) is 32.8. The van der Waals surface area contributed by atoms with Crippen LogP contribution in [0.4, 0.5) is 35.0 Å². The van der Waals surface area contributed by atoms with Gasteiger partial charge in [0.1, 0.15) is 11.3 Å². The number of benzene rings is 1. The van der Waals surface area contributed by atoms with Crippen LogP contribution in [0.1, 0.15) is 31.3 Å². The summed E-state index contributed by atoms with van der Waals surface area (Å²) in [5, 5.41) is 12.5. The average molecular weight is 444 g/mol. The minimum absolute atomic E-state index is 0.262. The molecule has 0 fully saturated rings. The van der Waals surface area contributed by atoms with E-state index in [0.29, 0.717) is 22.8 Å². The van der Waals surface area contributed by atoms with Gasteiger partial charge in [0.25, 0.3) is 5.91 Å². The maximum Gasteiger partial charge on any atom is 0.490 e. The minimum atomic E-state index is -5.08. The summed E-state index contributed by atoms with van der Waals surface area (Å²) in [6, 6.07) is 8.35. The first-order valence-electron chi connectivity index (χ1n) is 8.72. The predicted octanol–water partition coefficient (Wildman–Crippen LogP) is 3.84. The number of carboxylic acid groups (broad SMARTS) is 1. The molecule has 0 saturated heterocycles. The summed E-state index contributed by atoms with van der Waals surface area (Å²) in [5.41, 5.74) is 7.28. The molecule has 31 heavy (non-hydrogen) atoms. The molecule has 170 valence electrons. The Morgan fingerprint density at radius 3 is 1.84 bits per heavy atom. The highest BCUT2D eigenvalue weighted by Gasteiger charge is 2.38. The van der Waals surface area contributed by atoms with Gasteiger partial charge in [-0.2, -0.15) is 13.2 Å². The number of carbonyl (C=O) groups excluding carboxylic acids is 2. The molecule has 0 aliphatic rings. The van der Waals surface area contributed by atoms with Crippen molar-refractivity contribution in [1.29, 1.82) is 0 Å². The van der Waals surface area contributed by atoms with E-state index in [1.54, 1.807) is 68.9 Å². The van der Waals surface area contributed by atoms with Crippen molar-refractivity contribution in [3.05, 3.63) is 42.2 Å². The van der Waals surface area contributed by atoms with Crippen molar-refractivity contribution in [2.45, 2.75) is 32.5 Å². The molecule has 1 heterocycles. The van der Waals surface area contributed by atoms with Crippen LogP contribution in [0.25, 0.3) is 0 Å². The molecule has 1 aromatic carbocycles. The van der Waals surface area contributed by atoms with E-state index < -0.39 is 23.8 Å². The zero-order chi connectivity index (χ0) is 24.0. The van der Waals surface area contributed by atoms with Crippen LogP contribution < -0.4 is 16.4 Å². The second-order valence-electron chi connectivity index (χ2n) is 7.23. The number of amides is 2. The Morgan fingerprint density at radius 2 is 1.48 bits per heavy atom. The summed E-state index contributed by atoms with van der Waals surface area (Å²) in [7, 11) is 1.75. The number of nitrogens with one attached hydrogen (secondary N) is 2. The lowest BCUT2D eigenvalue weighted by atomic mass is 10.2. The first-order valence-corrected chi connectivity index (χ1v) is 8.72. The number of carboxylic acids is 1. The second-order valence-corrected chi connectivity index (χ2v) is 7.23. The lowest BCUT2D eigenvalue weighted by Crippen LogP contribution is -2.27. The van der Waals surface area contributed by atoms with Gasteiger partial charge < -0.3 is 25.5 Å². The van der Waals surface area contributed by atoms with Crippen LogP contribution >= 0.6 is 0 Å². The summed E-state index contributed by atoms with van der Waals surface area (Å²) in [6.07, 6.45) is -3.94. The highest BCUT2D eigenvalue weighted by Crippen LogP contribution is 2.17. The van der Waals surface area contributed by atoms with Crippen LogP contribution in [-0.2, 0) is 16.6 Å². The SMILES string of the molecule is Cn1cc(N)cc1C(=O)Nc1ccc(NC(=O)OC(C)(C)C)cc1.O=C(O)C(F)(F)F. The number of rotatable bonds is 3. The summed E-state index contributed by atoms with van der Waals surface area (Å²) >= 11 is 0. The third-order valence-corrected chi connectivity index (χ3v) is 3.29. The van der Waals surface area contributed by atoms with Gasteiger partial charge in [0.15, 0.2) is 0 Å². The Balaban J connectivity index is 0.000000592. The van der Waals surface area contributed by atoms with Crippen molar-refractivity contribution in [3.8, 4) is 0 Å². The fourth-order valence-electron chi connectivity index (χ4n) is 2.07. The number of aryl methyl sites for hydroxylation is 1. The van der Waals surface area contributed by atoms with Crippen molar-refractivity contribution in [2.24, 2.45) is 7.05 Å². The van der Waals surface area contributed by atoms with Crippen molar-refractivity contribution >= 4 is 35.0 Å². The predicted molar refractivity (Wildman–Crippen MR) is 108 cm³/mol. The number of carbonyl (C=O) groups is 3. The van der Waals surface area contributed by atoms with Gasteiger partial charge in [-0.15, -0.1) is 0 Å². The quantitative estimate of drug-likeness (QED) is 0.568. The van der Waals surface area contributed by atoms with E-state index >= 15 is 0 Å². The zero-order valence-electron chi connectivity index (χ0n) is 17.2. The van der Waals surface area contributed by atoms with Gasteiger partial charge in [0.2, 0.25) is 0 Å². The number of aliphatic carboxylic acids is 1. The van der Waals surface area contributed by atoms with E-state index in [2.05, 4.69) is 10.6 Å². The molecule has 9 nitrogen and oxygen atoms in total. The minimum Gasteiger partial charge on any atom is -0.475 e. The van der Waals surface area contributed by atoms with E-state index in [1.807, 2.05) is 0 Å². The zero-order valence-corrected chi connectivity index (χ0v) is 17.2. The first-order chi connectivity index (χ1) is 14.1. The number of hydrogen-bond acceptors (Lipinski definition) is 5. The van der Waals surface area contributed by atoms with Crippen molar-refractivity contribution in [3.63, 3.8) is 0 Å². The Kier molecular flexibility index (Phi) is 8.07. The van der Waals surface area contributed by atoms with Gasteiger partial charge >= 0.3 is 18.2 Å². The highest BCUT2D eigenvalue weighted by molar-refractivity contribution is 6.04. The van der Waals surface area contributed by atoms with Crippen molar-refractivity contribution in [1.82, 2.24) is 4.57 Å². The molecule has 0 radical (unpaired) electrons. The topological polar surface area (TPSA) is 136 Å². The molecule has 0 saturated carbocycles. The average Bonchev–Trinajstić information content (AvgIpc) is 2.93. The number of nitrogens with two attached hydrogens (primary N) is 1. The van der Waals surface area contributed by atoms with Crippen LogP contribution in [-0.4, -0.2) is 39.4 Å². The van der Waals surface area contributed by atoms with E-state index in [4.69, 9.17) is 20.4 Å². The molecule has 2 aromatic rings. The number of anilines is 3. The normalized spacial score (nSPS) is 11.1. The number of nitrogen functional groups attached to an aromatic ring is 1. The largest absolute Gasteiger partial charge is 0.490 e. The Bertz CT molecular complexity index is 932. The summed E-state index contributed by atoms with van der Waals surface area (Å²) < 4.78 is 38.6. The van der Waals surface area contributed by atoms with Crippen molar-refractivity contribution in [2.75, 3.05) is 16.4 Å². The molecular weight excluding hydrogens is 421 g/mol. The number of alkyl halides is 3. The molecule has 1 aromatic heterocycles. The molecule has 2 amide bonds. The smallest absolute Gasteiger partial charge is 0.475 e. The van der Waals surface area contributed by atoms with Gasteiger partial charge in [0.05, 0.1) is 5.69 Å². The third-order valence-electron chi connectivity index (χ3n) is 3.29. The number of ether oxygens (including phenoxy) is 1. The van der Waals surface area contributed by atoms with Crippen LogP contribution in [0.2, 0.25) is 0 Å². The second kappa shape index (κ2) is 9.87. The third kappa shape index (κ3) is 9.10. The molecule has 5 N–H and O–H groups in total. The van der Waals surface area contributed by atoms with Gasteiger partial charge in [0, 0.05) is 24.6 Å². The lowest BCUT2D eigenvalue weighted by molar-refractivity contribution is -0.192. The molecular formula is C19H23F3N4O5. The number of nitrogens with zero attached hydrogens (tertiary/aromatic N) is 1. The van der Waals surface area contributed by atoms with Gasteiger partial charge in [-0.3, -0.25) is 10.1 Å². The fraction of sp³-hybridized carbons (Fsp3) is 0.316. The van der Waals surface area contributed by atoms with Crippen LogP contribution in [0.15, 0.2) is 36.5 Å². The first kappa shape index (κ1) is 25.3. The Morgan fingerprint density at radius 1 is 1.03 bits per heavy atom. The van der Waals surface area contributed by atoms with Crippen LogP contribution in [0.3, 0.4) is 0 Å². The highest BCUT2D eigenvalue weighted by atomic mass is 19.4. The van der Waals surface area contributed by atoms with Gasteiger partial charge in [-0.05, 0) is 51.1 Å². The Labute approximate surface area is 176 Å². The Hall–Kier alpha value is -3.70. The van der Waals surface area contributed by atoms with E-state index in [0.717, 1.165) is 0 Å².